The molecule has 0 bridgehead atoms. The van der Waals surface area contributed by atoms with Crippen molar-refractivity contribution in [3.05, 3.63) is 12.2 Å². The molecule has 5 rings (SSSR count). The van der Waals surface area contributed by atoms with E-state index in [0.29, 0.717) is 12.2 Å². The van der Waals surface area contributed by atoms with Crippen molar-refractivity contribution in [3.8, 4) is 0 Å². The van der Waals surface area contributed by atoms with Gasteiger partial charge in [-0.3, -0.25) is 0 Å². The molecular weight excluding hydrogens is 424 g/mol. The van der Waals surface area contributed by atoms with Gasteiger partial charge in [0.25, 0.3) is 0 Å². The van der Waals surface area contributed by atoms with Gasteiger partial charge < -0.3 is 28.4 Å². The first-order valence-corrected chi connectivity index (χ1v) is 13.2. The lowest BCUT2D eigenvalue weighted by atomic mass is 9.95. The van der Waals surface area contributed by atoms with Crippen molar-refractivity contribution in [2.45, 2.75) is 132 Å². The minimum Gasteiger partial charge on any atom is -0.456 e. The molecule has 186 valence electrons. The zero-order valence-corrected chi connectivity index (χ0v) is 20.1. The van der Waals surface area contributed by atoms with Gasteiger partial charge in [0.15, 0.2) is 11.6 Å². The van der Waals surface area contributed by atoms with Crippen molar-refractivity contribution >= 4 is 5.97 Å². The van der Waals surface area contributed by atoms with E-state index in [2.05, 4.69) is 6.58 Å². The average molecular weight is 465 g/mol. The fourth-order valence-corrected chi connectivity index (χ4v) is 6.24. The van der Waals surface area contributed by atoms with Gasteiger partial charge in [-0.05, 0) is 32.6 Å². The zero-order valence-electron chi connectivity index (χ0n) is 20.1. The number of esters is 1. The molecule has 0 aromatic heterocycles. The lowest BCUT2D eigenvalue weighted by Gasteiger charge is -2.40. The minimum atomic E-state index is -1.18. The van der Waals surface area contributed by atoms with Gasteiger partial charge in [0.1, 0.15) is 24.9 Å². The highest BCUT2D eigenvalue weighted by Crippen LogP contribution is 2.52. The highest BCUT2D eigenvalue weighted by atomic mass is 16.9. The second-order valence-corrected chi connectivity index (χ2v) is 10.7. The van der Waals surface area contributed by atoms with Crippen LogP contribution in [0.5, 0.6) is 0 Å². The highest BCUT2D eigenvalue weighted by molar-refractivity contribution is 5.86. The Labute approximate surface area is 197 Å². The number of carbonyl (C=O) groups is 1. The summed E-state index contributed by atoms with van der Waals surface area (Å²) in [5.74, 6) is -2.92. The number of carbonyl (C=O) groups excluding carboxylic acids is 1. The molecule has 0 amide bonds. The predicted octanol–water partition coefficient (Wildman–Crippen LogP) is 4.91. The molecule has 0 N–H and O–H groups in total. The molecule has 0 radical (unpaired) electrons. The number of hydrogen-bond acceptors (Lipinski definition) is 7. The molecule has 2 spiro atoms. The van der Waals surface area contributed by atoms with Gasteiger partial charge in [-0.1, -0.05) is 45.1 Å². The van der Waals surface area contributed by atoms with Crippen LogP contribution in [0.2, 0.25) is 0 Å². The van der Waals surface area contributed by atoms with Gasteiger partial charge in [0.05, 0.1) is 6.61 Å². The summed E-state index contributed by atoms with van der Waals surface area (Å²) in [6, 6.07) is 0. The van der Waals surface area contributed by atoms with E-state index in [1.54, 1.807) is 6.92 Å². The molecule has 5 fully saturated rings. The Hall–Kier alpha value is -0.990. The summed E-state index contributed by atoms with van der Waals surface area (Å²) in [6.45, 7) is 5.65. The Bertz CT molecular complexity index is 720. The Morgan fingerprint density at radius 3 is 2.03 bits per heavy atom. The van der Waals surface area contributed by atoms with Crippen molar-refractivity contribution in [2.24, 2.45) is 0 Å². The summed E-state index contributed by atoms with van der Waals surface area (Å²) in [6.07, 6.45) is 14.0. The molecule has 3 heterocycles. The maximum absolute atomic E-state index is 12.2. The molecule has 33 heavy (non-hydrogen) atoms. The normalized spacial score (nSPS) is 37.9. The summed E-state index contributed by atoms with van der Waals surface area (Å²) < 4.78 is 38.7. The summed E-state index contributed by atoms with van der Waals surface area (Å²) in [5, 5.41) is 0. The largest absolute Gasteiger partial charge is 0.456 e. The molecule has 3 aliphatic heterocycles. The maximum atomic E-state index is 12.2. The standard InChI is InChI=1S/C26H40O7/c1-19(2)23(27)28-18-26-22(32-25(33-26)15-11-7-4-8-12-16-25)21-20(17-29-26)30-24(31-21)13-9-5-3-6-10-14-24/h20-22H,1,3-18H2,2H3/t20-,21-,22+,26-/m1/s1. The Kier molecular flexibility index (Phi) is 6.89. The average Bonchev–Trinajstić information content (AvgIpc) is 3.29. The van der Waals surface area contributed by atoms with Crippen molar-refractivity contribution < 1.29 is 33.2 Å². The summed E-state index contributed by atoms with van der Waals surface area (Å²) in [7, 11) is 0. The lowest BCUT2D eigenvalue weighted by molar-refractivity contribution is -0.303. The molecule has 4 atom stereocenters. The topological polar surface area (TPSA) is 72.5 Å². The van der Waals surface area contributed by atoms with Crippen LogP contribution in [0, 0.1) is 0 Å². The maximum Gasteiger partial charge on any atom is 0.333 e. The fourth-order valence-electron chi connectivity index (χ4n) is 6.24. The van der Waals surface area contributed by atoms with Crippen LogP contribution in [-0.4, -0.2) is 54.9 Å². The van der Waals surface area contributed by atoms with Crippen molar-refractivity contribution in [1.82, 2.24) is 0 Å². The SMILES string of the molecule is C=C(C)C(=O)OC[C@]12OC[C@H]3OC4(CCCCCCC4)O[C@H]3[C@@H]1OC1(CCCCCCC1)O2. The van der Waals surface area contributed by atoms with Gasteiger partial charge in [0.2, 0.25) is 5.79 Å². The van der Waals surface area contributed by atoms with Crippen molar-refractivity contribution in [2.75, 3.05) is 13.2 Å². The Balaban J connectivity index is 1.40. The number of rotatable bonds is 3. The van der Waals surface area contributed by atoms with Crippen LogP contribution < -0.4 is 0 Å². The number of fused-ring (bicyclic) bond motifs is 3. The van der Waals surface area contributed by atoms with E-state index in [-0.39, 0.29) is 18.8 Å². The molecule has 3 saturated heterocycles. The molecule has 2 aliphatic carbocycles. The first-order chi connectivity index (χ1) is 16.0. The Morgan fingerprint density at radius 2 is 1.42 bits per heavy atom. The Morgan fingerprint density at radius 1 is 0.848 bits per heavy atom. The van der Waals surface area contributed by atoms with E-state index in [0.717, 1.165) is 51.4 Å². The van der Waals surface area contributed by atoms with Gasteiger partial charge in [-0.25, -0.2) is 4.79 Å². The van der Waals surface area contributed by atoms with E-state index in [4.69, 9.17) is 28.4 Å². The molecule has 2 saturated carbocycles. The van der Waals surface area contributed by atoms with Gasteiger partial charge in [0, 0.05) is 31.3 Å². The van der Waals surface area contributed by atoms with Crippen LogP contribution in [0.4, 0.5) is 0 Å². The van der Waals surface area contributed by atoms with Crippen molar-refractivity contribution in [1.29, 1.82) is 0 Å². The molecule has 5 aliphatic rings. The molecule has 7 nitrogen and oxygen atoms in total. The third kappa shape index (κ3) is 4.76. The van der Waals surface area contributed by atoms with E-state index in [1.165, 1.54) is 38.5 Å². The van der Waals surface area contributed by atoms with Crippen LogP contribution >= 0.6 is 0 Å². The van der Waals surface area contributed by atoms with E-state index in [1.807, 2.05) is 0 Å². The van der Waals surface area contributed by atoms with Gasteiger partial charge in [-0.2, -0.15) is 0 Å². The van der Waals surface area contributed by atoms with Crippen LogP contribution in [0.1, 0.15) is 96.8 Å². The number of ether oxygens (including phenoxy) is 6. The molecule has 0 aromatic carbocycles. The van der Waals surface area contributed by atoms with Crippen molar-refractivity contribution in [3.63, 3.8) is 0 Å². The number of hydrogen-bond donors (Lipinski definition) is 0. The van der Waals surface area contributed by atoms with Crippen LogP contribution in [-0.2, 0) is 33.2 Å². The summed E-state index contributed by atoms with van der Waals surface area (Å²) in [5.41, 5.74) is 0.352. The third-order valence-corrected chi connectivity index (χ3v) is 7.99. The summed E-state index contributed by atoms with van der Waals surface area (Å²) in [4.78, 5) is 12.2. The lowest BCUT2D eigenvalue weighted by Crippen LogP contribution is -2.60. The minimum absolute atomic E-state index is 0.0370. The molecular formula is C26H40O7. The second-order valence-electron chi connectivity index (χ2n) is 10.7. The van der Waals surface area contributed by atoms with Gasteiger partial charge in [-0.15, -0.1) is 0 Å². The molecule has 0 aromatic rings. The van der Waals surface area contributed by atoms with Crippen LogP contribution in [0.25, 0.3) is 0 Å². The second kappa shape index (κ2) is 9.57. The smallest absolute Gasteiger partial charge is 0.333 e. The van der Waals surface area contributed by atoms with E-state index >= 15 is 0 Å². The molecule has 0 unspecified atom stereocenters. The third-order valence-electron chi connectivity index (χ3n) is 7.99. The molecule has 7 heteroatoms. The van der Waals surface area contributed by atoms with Crippen LogP contribution in [0.3, 0.4) is 0 Å². The van der Waals surface area contributed by atoms with Crippen LogP contribution in [0.15, 0.2) is 12.2 Å². The fraction of sp³-hybridized carbons (Fsp3) is 0.885. The monoisotopic (exact) mass is 464 g/mol. The first-order valence-electron chi connectivity index (χ1n) is 13.2. The van der Waals surface area contributed by atoms with E-state index < -0.39 is 29.4 Å². The van der Waals surface area contributed by atoms with E-state index in [9.17, 15) is 4.79 Å². The first kappa shape index (κ1) is 23.7. The van der Waals surface area contributed by atoms with Gasteiger partial charge >= 0.3 is 5.97 Å². The highest BCUT2D eigenvalue weighted by Gasteiger charge is 2.68. The summed E-state index contributed by atoms with van der Waals surface area (Å²) >= 11 is 0. The quantitative estimate of drug-likeness (QED) is 0.434. The predicted molar refractivity (Wildman–Crippen MR) is 120 cm³/mol. The zero-order chi connectivity index (χ0) is 22.9.